The Balaban J connectivity index is 1.88. The van der Waals surface area contributed by atoms with Gasteiger partial charge >= 0.3 is 0 Å². The molecule has 160 valence electrons. The van der Waals surface area contributed by atoms with E-state index in [9.17, 15) is 19.7 Å². The van der Waals surface area contributed by atoms with Crippen molar-refractivity contribution in [3.8, 4) is 5.75 Å². The van der Waals surface area contributed by atoms with E-state index >= 15 is 0 Å². The van der Waals surface area contributed by atoms with E-state index in [4.69, 9.17) is 4.74 Å². The summed E-state index contributed by atoms with van der Waals surface area (Å²) < 4.78 is 5.95. The lowest BCUT2D eigenvalue weighted by molar-refractivity contribution is -0.385. The van der Waals surface area contributed by atoms with Crippen LogP contribution in [0, 0.1) is 10.1 Å². The van der Waals surface area contributed by atoms with Gasteiger partial charge in [0.25, 0.3) is 5.69 Å². The van der Waals surface area contributed by atoms with Crippen molar-refractivity contribution >= 4 is 17.4 Å². The fourth-order valence-corrected chi connectivity index (χ4v) is 3.90. The first-order valence-electron chi connectivity index (χ1n) is 10.5. The van der Waals surface area contributed by atoms with Gasteiger partial charge in [-0.1, -0.05) is 26.2 Å². The number of Topliss-reactive ketones (excluding diaryl/α,β-unsaturated/α-hetero) is 1. The molecule has 0 aliphatic heterocycles. The monoisotopic (exact) mass is 404 g/mol. The average Bonchev–Trinajstić information content (AvgIpc) is 2.72. The maximum absolute atomic E-state index is 12.5. The van der Waals surface area contributed by atoms with Gasteiger partial charge in [-0.2, -0.15) is 0 Å². The van der Waals surface area contributed by atoms with Crippen molar-refractivity contribution in [2.45, 2.75) is 83.8 Å². The summed E-state index contributed by atoms with van der Waals surface area (Å²) in [5.74, 6) is 0.255. The van der Waals surface area contributed by atoms with Crippen molar-refractivity contribution in [3.63, 3.8) is 0 Å². The number of rotatable bonds is 10. The smallest absolute Gasteiger partial charge is 0.280 e. The molecule has 0 aromatic heterocycles. The third-order valence-electron chi connectivity index (χ3n) is 5.73. The van der Waals surface area contributed by atoms with Gasteiger partial charge in [-0.3, -0.25) is 19.7 Å². The summed E-state index contributed by atoms with van der Waals surface area (Å²) >= 11 is 0. The van der Waals surface area contributed by atoms with Gasteiger partial charge in [0, 0.05) is 25.6 Å². The molecule has 1 aromatic rings. The molecular formula is C22H32N2O5. The standard InChI is InChI=1S/C22H32N2O5/c1-4-18(11-8-12-22(26)23(3)17-9-6-5-7-10-17)29-19-13-14-21(24(27)28)20(15-19)16(2)25/h13-15,17-18H,4-12H2,1-3H3. The van der Waals surface area contributed by atoms with Gasteiger partial charge in [-0.15, -0.1) is 0 Å². The molecule has 1 aromatic carbocycles. The van der Waals surface area contributed by atoms with Crippen LogP contribution in [0.15, 0.2) is 18.2 Å². The van der Waals surface area contributed by atoms with Crippen molar-refractivity contribution in [1.82, 2.24) is 4.90 Å². The Morgan fingerprint density at radius 1 is 1.28 bits per heavy atom. The number of hydrogen-bond donors (Lipinski definition) is 0. The highest BCUT2D eigenvalue weighted by Gasteiger charge is 2.22. The van der Waals surface area contributed by atoms with Gasteiger partial charge in [0.05, 0.1) is 16.6 Å². The van der Waals surface area contributed by atoms with Gasteiger partial charge in [-0.25, -0.2) is 0 Å². The summed E-state index contributed by atoms with van der Waals surface area (Å²) in [6.07, 6.45) is 8.44. The van der Waals surface area contributed by atoms with Crippen molar-refractivity contribution in [3.05, 3.63) is 33.9 Å². The predicted octanol–water partition coefficient (Wildman–Crippen LogP) is 4.92. The van der Waals surface area contributed by atoms with E-state index in [0.29, 0.717) is 24.6 Å². The highest BCUT2D eigenvalue weighted by molar-refractivity contribution is 5.98. The first-order chi connectivity index (χ1) is 13.8. The van der Waals surface area contributed by atoms with Crippen LogP contribution in [0.3, 0.4) is 0 Å². The summed E-state index contributed by atoms with van der Waals surface area (Å²) in [5, 5.41) is 11.1. The summed E-state index contributed by atoms with van der Waals surface area (Å²) in [4.78, 5) is 36.6. The van der Waals surface area contributed by atoms with Crippen LogP contribution in [-0.4, -0.2) is 40.7 Å². The fraction of sp³-hybridized carbons (Fsp3) is 0.636. The second-order valence-electron chi connectivity index (χ2n) is 7.83. The third kappa shape index (κ3) is 6.54. The number of amides is 1. The first-order valence-corrected chi connectivity index (χ1v) is 10.5. The lowest BCUT2D eigenvalue weighted by Gasteiger charge is -2.31. The van der Waals surface area contributed by atoms with Crippen LogP contribution in [0.1, 0.15) is 82.0 Å². The molecule has 1 aliphatic carbocycles. The number of carbonyl (C=O) groups is 2. The molecule has 1 aliphatic rings. The topological polar surface area (TPSA) is 89.8 Å². The highest BCUT2D eigenvalue weighted by Crippen LogP contribution is 2.27. The molecule has 29 heavy (non-hydrogen) atoms. The number of hydrogen-bond acceptors (Lipinski definition) is 5. The van der Waals surface area contributed by atoms with Crippen molar-refractivity contribution in [2.24, 2.45) is 0 Å². The Bertz CT molecular complexity index is 728. The summed E-state index contributed by atoms with van der Waals surface area (Å²) in [5.41, 5.74) is -0.166. The number of ketones is 1. The quantitative estimate of drug-likeness (QED) is 0.314. The van der Waals surface area contributed by atoms with Crippen molar-refractivity contribution < 1.29 is 19.2 Å². The summed E-state index contributed by atoms with van der Waals surface area (Å²) in [6, 6.07) is 4.64. The molecule has 0 radical (unpaired) electrons. The largest absolute Gasteiger partial charge is 0.490 e. The molecule has 0 heterocycles. The van der Waals surface area contributed by atoms with E-state index in [0.717, 1.165) is 25.7 Å². The van der Waals surface area contributed by atoms with E-state index in [-0.39, 0.29) is 29.0 Å². The Labute approximate surface area is 172 Å². The fourth-order valence-electron chi connectivity index (χ4n) is 3.90. The maximum atomic E-state index is 12.5. The van der Waals surface area contributed by atoms with Crippen molar-refractivity contribution in [2.75, 3.05) is 7.05 Å². The summed E-state index contributed by atoms with van der Waals surface area (Å²) in [6.45, 7) is 3.30. The maximum Gasteiger partial charge on any atom is 0.280 e. The molecule has 0 bridgehead atoms. The van der Waals surface area contributed by atoms with Crippen LogP contribution < -0.4 is 4.74 Å². The molecule has 0 spiro atoms. The summed E-state index contributed by atoms with van der Waals surface area (Å²) in [7, 11) is 1.91. The molecule has 1 amide bonds. The zero-order valence-electron chi connectivity index (χ0n) is 17.7. The zero-order valence-corrected chi connectivity index (χ0v) is 17.7. The van der Waals surface area contributed by atoms with Crippen molar-refractivity contribution in [1.29, 1.82) is 0 Å². The number of ether oxygens (including phenoxy) is 1. The minimum atomic E-state index is -0.563. The van der Waals surface area contributed by atoms with Crippen LogP contribution in [0.4, 0.5) is 5.69 Å². The van der Waals surface area contributed by atoms with Gasteiger partial charge < -0.3 is 9.64 Å². The molecule has 1 atom stereocenters. The molecule has 1 unspecified atom stereocenters. The van der Waals surface area contributed by atoms with Crippen LogP contribution in [0.5, 0.6) is 5.75 Å². The number of carbonyl (C=O) groups excluding carboxylic acids is 2. The van der Waals surface area contributed by atoms with E-state index in [1.807, 2.05) is 18.9 Å². The lowest BCUT2D eigenvalue weighted by Crippen LogP contribution is -2.38. The molecule has 2 rings (SSSR count). The molecule has 1 fully saturated rings. The minimum absolute atomic E-state index is 0.0478. The highest BCUT2D eigenvalue weighted by atomic mass is 16.6. The Kier molecular flexibility index (Phi) is 8.61. The number of benzene rings is 1. The molecular weight excluding hydrogens is 372 g/mol. The van der Waals surface area contributed by atoms with E-state index in [1.54, 1.807) is 0 Å². The Morgan fingerprint density at radius 3 is 2.55 bits per heavy atom. The zero-order chi connectivity index (χ0) is 21.4. The molecule has 0 saturated heterocycles. The predicted molar refractivity (Wildman–Crippen MR) is 111 cm³/mol. The van der Waals surface area contributed by atoms with E-state index < -0.39 is 4.92 Å². The van der Waals surface area contributed by atoms with Crippen LogP contribution >= 0.6 is 0 Å². The van der Waals surface area contributed by atoms with Gasteiger partial charge in [0.15, 0.2) is 5.78 Å². The lowest BCUT2D eigenvalue weighted by atomic mass is 9.94. The van der Waals surface area contributed by atoms with E-state index in [1.165, 1.54) is 44.4 Å². The number of nitro groups is 1. The number of nitrogens with zero attached hydrogens (tertiary/aromatic N) is 2. The Hall–Kier alpha value is -2.44. The Morgan fingerprint density at radius 2 is 1.97 bits per heavy atom. The second-order valence-corrected chi connectivity index (χ2v) is 7.83. The molecule has 7 nitrogen and oxygen atoms in total. The number of nitro benzene ring substituents is 1. The van der Waals surface area contributed by atoms with Gasteiger partial charge in [-0.05, 0) is 51.2 Å². The van der Waals surface area contributed by atoms with Gasteiger partial charge in [0.1, 0.15) is 5.75 Å². The normalized spacial score (nSPS) is 15.6. The third-order valence-corrected chi connectivity index (χ3v) is 5.73. The molecule has 0 N–H and O–H groups in total. The van der Waals surface area contributed by atoms with Crippen LogP contribution in [0.25, 0.3) is 0 Å². The average molecular weight is 405 g/mol. The second kappa shape index (κ2) is 10.9. The van der Waals surface area contributed by atoms with Gasteiger partial charge in [0.2, 0.25) is 5.91 Å². The van der Waals surface area contributed by atoms with E-state index in [2.05, 4.69) is 0 Å². The SMILES string of the molecule is CCC(CCCC(=O)N(C)C1CCCCC1)Oc1ccc([N+](=O)[O-])c(C(C)=O)c1. The molecule has 1 saturated carbocycles. The minimum Gasteiger partial charge on any atom is -0.490 e. The first kappa shape index (κ1) is 22.8. The molecule has 7 heteroatoms. The van der Waals surface area contributed by atoms with Crippen LogP contribution in [0.2, 0.25) is 0 Å². The van der Waals surface area contributed by atoms with Crippen LogP contribution in [-0.2, 0) is 4.79 Å².